The largest absolute Gasteiger partial charge is 0.366 e. The van der Waals surface area contributed by atoms with Gasteiger partial charge in [0.2, 0.25) is 0 Å². The van der Waals surface area contributed by atoms with Crippen molar-refractivity contribution in [2.75, 3.05) is 19.0 Å². The highest BCUT2D eigenvalue weighted by Gasteiger charge is 2.30. The quantitative estimate of drug-likeness (QED) is 0.590. The summed E-state index contributed by atoms with van der Waals surface area (Å²) in [5.41, 5.74) is 1.33. The number of thioether (sulfide) groups is 1. The number of hydrogen-bond acceptors (Lipinski definition) is 4. The molecule has 2 aliphatic rings. The van der Waals surface area contributed by atoms with E-state index in [9.17, 15) is 4.79 Å². The van der Waals surface area contributed by atoms with E-state index >= 15 is 0 Å². The molecule has 3 nitrogen and oxygen atoms in total. The van der Waals surface area contributed by atoms with Crippen molar-refractivity contribution in [2.24, 2.45) is 0 Å². The van der Waals surface area contributed by atoms with Crippen LogP contribution in [0.5, 0.6) is 0 Å². The SMILES string of the molecule is CCN1CS(=C/C=C2/SC(=S)N(CC)C2=O)C=C1C. The van der Waals surface area contributed by atoms with Crippen molar-refractivity contribution < 1.29 is 4.79 Å². The van der Waals surface area contributed by atoms with Crippen LogP contribution in [0.3, 0.4) is 0 Å². The number of carbonyl (C=O) groups is 1. The molecule has 0 aromatic carbocycles. The van der Waals surface area contributed by atoms with Crippen molar-refractivity contribution in [3.63, 3.8) is 0 Å². The Morgan fingerprint density at radius 1 is 1.47 bits per heavy atom. The smallest absolute Gasteiger partial charge is 0.266 e. The Kier molecular flexibility index (Phi) is 4.86. The van der Waals surface area contributed by atoms with Crippen LogP contribution in [0.15, 0.2) is 22.1 Å². The van der Waals surface area contributed by atoms with E-state index in [1.165, 1.54) is 17.5 Å². The molecule has 2 rings (SSSR count). The monoisotopic (exact) mass is 314 g/mol. The zero-order valence-electron chi connectivity index (χ0n) is 11.4. The van der Waals surface area contributed by atoms with Crippen LogP contribution in [-0.2, 0) is 4.79 Å². The van der Waals surface area contributed by atoms with Gasteiger partial charge in [-0.2, -0.15) is 0 Å². The fourth-order valence-electron chi connectivity index (χ4n) is 1.97. The normalized spacial score (nSPS) is 25.9. The van der Waals surface area contributed by atoms with Crippen molar-refractivity contribution in [3.8, 4) is 0 Å². The lowest BCUT2D eigenvalue weighted by molar-refractivity contribution is -0.122. The second kappa shape index (κ2) is 6.24. The van der Waals surface area contributed by atoms with Gasteiger partial charge in [-0.05, 0) is 37.6 Å². The van der Waals surface area contributed by atoms with Gasteiger partial charge in [-0.25, -0.2) is 0 Å². The van der Waals surface area contributed by atoms with Gasteiger partial charge < -0.3 is 4.90 Å². The van der Waals surface area contributed by atoms with Crippen LogP contribution >= 0.6 is 34.5 Å². The molecular formula is C13H18N2OS3. The molecule has 104 valence electrons. The van der Waals surface area contributed by atoms with E-state index in [0.717, 1.165) is 17.3 Å². The topological polar surface area (TPSA) is 23.6 Å². The average Bonchev–Trinajstić information content (AvgIpc) is 2.87. The minimum Gasteiger partial charge on any atom is -0.366 e. The highest BCUT2D eigenvalue weighted by Crippen LogP contribution is 2.32. The van der Waals surface area contributed by atoms with Crippen LogP contribution < -0.4 is 0 Å². The zero-order valence-corrected chi connectivity index (χ0v) is 13.8. The molecule has 1 atom stereocenters. The summed E-state index contributed by atoms with van der Waals surface area (Å²) in [4.78, 5) is 16.8. The van der Waals surface area contributed by atoms with Gasteiger partial charge in [0.25, 0.3) is 5.91 Å². The Bertz CT molecular complexity index is 508. The average molecular weight is 315 g/mol. The summed E-state index contributed by atoms with van der Waals surface area (Å²) >= 11 is 6.60. The van der Waals surface area contributed by atoms with E-state index in [4.69, 9.17) is 12.2 Å². The third-order valence-electron chi connectivity index (χ3n) is 3.09. The van der Waals surface area contributed by atoms with E-state index in [0.29, 0.717) is 10.9 Å². The predicted octanol–water partition coefficient (Wildman–Crippen LogP) is 2.98. The molecule has 1 saturated heterocycles. The van der Waals surface area contributed by atoms with Crippen LogP contribution in [-0.4, -0.2) is 44.4 Å². The van der Waals surface area contributed by atoms with Gasteiger partial charge in [-0.15, -0.1) is 10.5 Å². The molecule has 19 heavy (non-hydrogen) atoms. The van der Waals surface area contributed by atoms with Gasteiger partial charge in [-0.1, -0.05) is 24.0 Å². The van der Waals surface area contributed by atoms with Gasteiger partial charge in [-0.3, -0.25) is 9.69 Å². The van der Waals surface area contributed by atoms with Crippen molar-refractivity contribution >= 4 is 50.1 Å². The van der Waals surface area contributed by atoms with E-state index in [1.807, 2.05) is 13.0 Å². The molecule has 2 aliphatic heterocycles. The Balaban J connectivity index is 2.13. The lowest BCUT2D eigenvalue weighted by Crippen LogP contribution is -2.27. The summed E-state index contributed by atoms with van der Waals surface area (Å²) in [6.45, 7) is 7.94. The van der Waals surface area contributed by atoms with Crippen molar-refractivity contribution in [2.45, 2.75) is 20.8 Å². The van der Waals surface area contributed by atoms with E-state index in [-0.39, 0.29) is 16.4 Å². The molecule has 0 aromatic heterocycles. The molecule has 0 bridgehead atoms. The molecule has 1 unspecified atom stereocenters. The summed E-state index contributed by atoms with van der Waals surface area (Å²) < 4.78 is 0.670. The molecule has 0 saturated carbocycles. The van der Waals surface area contributed by atoms with E-state index in [1.54, 1.807) is 4.90 Å². The Labute approximate surface area is 126 Å². The summed E-state index contributed by atoms with van der Waals surface area (Å²) in [6.07, 6.45) is 1.95. The van der Waals surface area contributed by atoms with Gasteiger partial charge in [0.05, 0.1) is 10.8 Å². The van der Waals surface area contributed by atoms with Crippen LogP contribution in [0.25, 0.3) is 0 Å². The second-order valence-corrected chi connectivity index (χ2v) is 7.68. The molecule has 0 N–H and O–H groups in total. The van der Waals surface area contributed by atoms with Crippen LogP contribution in [0.1, 0.15) is 20.8 Å². The first kappa shape index (κ1) is 14.8. The number of carbonyl (C=O) groups excluding carboxylic acids is 1. The first-order valence-corrected chi connectivity index (χ1v) is 9.02. The molecular weight excluding hydrogens is 296 g/mol. The number of hydrogen-bond donors (Lipinski definition) is 0. The van der Waals surface area contributed by atoms with Crippen molar-refractivity contribution in [1.82, 2.24) is 9.80 Å². The number of rotatable bonds is 3. The molecule has 1 fully saturated rings. The van der Waals surface area contributed by atoms with Crippen molar-refractivity contribution in [1.29, 1.82) is 0 Å². The van der Waals surface area contributed by atoms with Gasteiger partial charge >= 0.3 is 0 Å². The number of thiocarbonyl (C=S) groups is 1. The Morgan fingerprint density at radius 2 is 2.21 bits per heavy atom. The zero-order chi connectivity index (χ0) is 14.0. The lowest BCUT2D eigenvalue weighted by atomic mass is 10.4. The highest BCUT2D eigenvalue weighted by atomic mass is 32.2. The van der Waals surface area contributed by atoms with Crippen LogP contribution in [0, 0.1) is 0 Å². The number of nitrogens with zero attached hydrogens (tertiary/aromatic N) is 2. The predicted molar refractivity (Wildman–Crippen MR) is 90.3 cm³/mol. The third kappa shape index (κ3) is 3.12. The summed E-state index contributed by atoms with van der Waals surface area (Å²) in [7, 11) is 0.112. The molecule has 6 heteroatoms. The Hall–Kier alpha value is -0.590. The molecule has 0 radical (unpaired) electrons. The number of allylic oxidation sites excluding steroid dienone is 2. The minimum atomic E-state index is 0.0459. The Morgan fingerprint density at radius 3 is 2.74 bits per heavy atom. The van der Waals surface area contributed by atoms with Crippen LogP contribution in [0.4, 0.5) is 0 Å². The maximum absolute atomic E-state index is 12.0. The van der Waals surface area contributed by atoms with Gasteiger partial charge in [0.1, 0.15) is 4.32 Å². The molecule has 0 aliphatic carbocycles. The summed E-state index contributed by atoms with van der Waals surface area (Å²) in [5, 5.41) is 4.42. The van der Waals surface area contributed by atoms with Gasteiger partial charge in [0, 0.05) is 18.8 Å². The fourth-order valence-corrected chi connectivity index (χ4v) is 5.27. The molecule has 0 aromatic rings. The first-order chi connectivity index (χ1) is 9.06. The molecule has 1 amide bonds. The number of amides is 1. The highest BCUT2D eigenvalue weighted by molar-refractivity contribution is 8.26. The maximum Gasteiger partial charge on any atom is 0.266 e. The van der Waals surface area contributed by atoms with Gasteiger partial charge in [0.15, 0.2) is 0 Å². The molecule has 2 heterocycles. The maximum atomic E-state index is 12.0. The second-order valence-electron chi connectivity index (χ2n) is 4.30. The summed E-state index contributed by atoms with van der Waals surface area (Å²) in [6, 6.07) is 0. The van der Waals surface area contributed by atoms with E-state index < -0.39 is 0 Å². The van der Waals surface area contributed by atoms with Crippen LogP contribution in [0.2, 0.25) is 0 Å². The van der Waals surface area contributed by atoms with Crippen molar-refractivity contribution in [3.05, 3.63) is 22.1 Å². The molecule has 0 spiro atoms. The fraction of sp³-hybridized carbons (Fsp3) is 0.462. The first-order valence-electron chi connectivity index (χ1n) is 6.27. The standard InChI is InChI=1S/C13H18N2OS3/c1-4-14-9-19(8-10(14)3)7-6-11-12(16)15(5-2)13(17)18-11/h6-8H,4-5,9H2,1-3H3/b11-6+. The minimum absolute atomic E-state index is 0.0459. The summed E-state index contributed by atoms with van der Waals surface area (Å²) in [5.74, 6) is 1.08. The lowest BCUT2D eigenvalue weighted by Gasteiger charge is -2.16. The van der Waals surface area contributed by atoms with E-state index in [2.05, 4.69) is 29.5 Å². The number of likely N-dealkylation sites (N-methyl/N-ethyl adjacent to an activating group) is 1. The third-order valence-corrected chi connectivity index (χ3v) is 6.23.